The maximum Gasteiger partial charge on any atom is 0.239 e. The summed E-state index contributed by atoms with van der Waals surface area (Å²) in [6.07, 6.45) is 4.53. The van der Waals surface area contributed by atoms with E-state index >= 15 is 0 Å². The molecule has 1 saturated carbocycles. The van der Waals surface area contributed by atoms with Gasteiger partial charge in [0.2, 0.25) is 5.91 Å². The van der Waals surface area contributed by atoms with Crippen LogP contribution in [0.15, 0.2) is 0 Å². The number of hydrogen-bond acceptors (Lipinski definition) is 3. The Hall–Kier alpha value is -0.610. The van der Waals surface area contributed by atoms with Crippen LogP contribution in [0.4, 0.5) is 0 Å². The molecule has 0 bridgehead atoms. The van der Waals surface area contributed by atoms with Crippen molar-refractivity contribution in [3.8, 4) is 0 Å². The lowest BCUT2D eigenvalue weighted by atomic mass is 9.92. The molecule has 0 aromatic heterocycles. The molecular formula is C11H21N3O. The fourth-order valence-corrected chi connectivity index (χ4v) is 2.57. The normalized spacial score (nSPS) is 31.5. The molecule has 0 radical (unpaired) electrons. The van der Waals surface area contributed by atoms with Crippen molar-refractivity contribution in [3.63, 3.8) is 0 Å². The van der Waals surface area contributed by atoms with E-state index in [2.05, 4.69) is 11.8 Å². The molecule has 15 heavy (non-hydrogen) atoms. The minimum absolute atomic E-state index is 0.322. The summed E-state index contributed by atoms with van der Waals surface area (Å²) in [6, 6.07) is 0.547. The summed E-state index contributed by atoms with van der Waals surface area (Å²) < 4.78 is 0. The van der Waals surface area contributed by atoms with Crippen LogP contribution in [0.25, 0.3) is 0 Å². The van der Waals surface area contributed by atoms with Crippen molar-refractivity contribution >= 4 is 5.91 Å². The summed E-state index contributed by atoms with van der Waals surface area (Å²) in [5.41, 5.74) is 10.8. The van der Waals surface area contributed by atoms with Crippen LogP contribution in [0.5, 0.6) is 0 Å². The standard InChI is InChI=1S/C11H21N3O/c1-8-3-2-6-14(8)7-11(13,10(12)15)9-4-5-9/h8-9H,2-7,13H2,1H3,(H2,12,15). The van der Waals surface area contributed by atoms with Crippen LogP contribution < -0.4 is 11.5 Å². The van der Waals surface area contributed by atoms with Gasteiger partial charge in [-0.3, -0.25) is 9.69 Å². The number of carbonyl (C=O) groups excluding carboxylic acids is 1. The summed E-state index contributed by atoms with van der Waals surface area (Å²) in [7, 11) is 0. The summed E-state index contributed by atoms with van der Waals surface area (Å²) in [4.78, 5) is 13.8. The summed E-state index contributed by atoms with van der Waals surface area (Å²) in [5.74, 6) is -0.00750. The van der Waals surface area contributed by atoms with Gasteiger partial charge in [0.15, 0.2) is 0 Å². The largest absolute Gasteiger partial charge is 0.368 e. The number of hydrogen-bond donors (Lipinski definition) is 2. The van der Waals surface area contributed by atoms with E-state index < -0.39 is 5.54 Å². The van der Waals surface area contributed by atoms with Crippen molar-refractivity contribution in [1.82, 2.24) is 4.90 Å². The highest BCUT2D eigenvalue weighted by Gasteiger charge is 2.48. The van der Waals surface area contributed by atoms with Crippen molar-refractivity contribution in [1.29, 1.82) is 0 Å². The molecule has 4 heteroatoms. The monoisotopic (exact) mass is 211 g/mol. The first-order chi connectivity index (χ1) is 7.04. The van der Waals surface area contributed by atoms with Gasteiger partial charge < -0.3 is 11.5 Å². The van der Waals surface area contributed by atoms with E-state index in [1.165, 1.54) is 12.8 Å². The molecule has 1 aliphatic carbocycles. The molecule has 1 heterocycles. The molecule has 4 N–H and O–H groups in total. The average Bonchev–Trinajstić information content (AvgIpc) is 2.94. The lowest BCUT2D eigenvalue weighted by molar-refractivity contribution is -0.124. The highest BCUT2D eigenvalue weighted by molar-refractivity contribution is 5.85. The third-order valence-corrected chi connectivity index (χ3v) is 3.92. The molecule has 4 nitrogen and oxygen atoms in total. The number of amides is 1. The molecule has 2 rings (SSSR count). The Morgan fingerprint density at radius 2 is 2.13 bits per heavy atom. The molecule has 2 unspecified atom stereocenters. The van der Waals surface area contributed by atoms with Gasteiger partial charge in [-0.2, -0.15) is 0 Å². The Bertz CT molecular complexity index is 265. The van der Waals surface area contributed by atoms with Gasteiger partial charge in [0.25, 0.3) is 0 Å². The molecule has 2 atom stereocenters. The van der Waals surface area contributed by atoms with Gasteiger partial charge in [0.1, 0.15) is 5.54 Å². The maximum atomic E-state index is 11.5. The van der Waals surface area contributed by atoms with E-state index in [9.17, 15) is 4.79 Å². The molecule has 2 fully saturated rings. The topological polar surface area (TPSA) is 72.3 Å². The van der Waals surface area contributed by atoms with Gasteiger partial charge in [-0.05, 0) is 45.1 Å². The van der Waals surface area contributed by atoms with Crippen LogP contribution in [0, 0.1) is 5.92 Å². The van der Waals surface area contributed by atoms with Gasteiger partial charge >= 0.3 is 0 Å². The van der Waals surface area contributed by atoms with E-state index in [4.69, 9.17) is 11.5 Å². The van der Waals surface area contributed by atoms with Gasteiger partial charge in [-0.25, -0.2) is 0 Å². The SMILES string of the molecule is CC1CCCN1CC(N)(C(N)=O)C1CC1. The molecule has 86 valence electrons. The highest BCUT2D eigenvalue weighted by Crippen LogP contribution is 2.39. The quantitative estimate of drug-likeness (QED) is 0.691. The summed E-state index contributed by atoms with van der Waals surface area (Å²) in [6.45, 7) is 3.90. The molecule has 0 aromatic carbocycles. The van der Waals surface area contributed by atoms with Crippen molar-refractivity contribution in [2.75, 3.05) is 13.1 Å². The third kappa shape index (κ3) is 2.01. The number of primary amides is 1. The minimum Gasteiger partial charge on any atom is -0.368 e. The number of nitrogens with two attached hydrogens (primary N) is 2. The Morgan fingerprint density at radius 1 is 1.47 bits per heavy atom. The zero-order valence-electron chi connectivity index (χ0n) is 9.41. The molecule has 1 saturated heterocycles. The molecule has 2 aliphatic rings. The number of carbonyl (C=O) groups is 1. The van der Waals surface area contributed by atoms with Crippen LogP contribution in [0.1, 0.15) is 32.6 Å². The molecule has 1 amide bonds. The van der Waals surface area contributed by atoms with Gasteiger partial charge in [0.05, 0.1) is 0 Å². The molecular weight excluding hydrogens is 190 g/mol. The van der Waals surface area contributed by atoms with Crippen LogP contribution in [0.2, 0.25) is 0 Å². The van der Waals surface area contributed by atoms with Crippen LogP contribution >= 0.6 is 0 Å². The average molecular weight is 211 g/mol. The number of likely N-dealkylation sites (tertiary alicyclic amines) is 1. The fraction of sp³-hybridized carbons (Fsp3) is 0.909. The second kappa shape index (κ2) is 3.76. The first-order valence-electron chi connectivity index (χ1n) is 5.87. The molecule has 0 aromatic rings. The zero-order chi connectivity index (χ0) is 11.1. The minimum atomic E-state index is -0.779. The molecule has 1 aliphatic heterocycles. The van der Waals surface area contributed by atoms with Crippen molar-refractivity contribution in [3.05, 3.63) is 0 Å². The number of nitrogens with zero attached hydrogens (tertiary/aromatic N) is 1. The maximum absolute atomic E-state index is 11.5. The zero-order valence-corrected chi connectivity index (χ0v) is 9.41. The van der Waals surface area contributed by atoms with Gasteiger partial charge in [-0.1, -0.05) is 0 Å². The van der Waals surface area contributed by atoms with E-state index in [1.807, 2.05) is 0 Å². The predicted molar refractivity (Wildman–Crippen MR) is 59.1 cm³/mol. The van der Waals surface area contributed by atoms with Crippen LogP contribution in [-0.2, 0) is 4.79 Å². The fourth-order valence-electron chi connectivity index (χ4n) is 2.57. The Balaban J connectivity index is 2.03. The summed E-state index contributed by atoms with van der Waals surface area (Å²) in [5, 5.41) is 0. The lowest BCUT2D eigenvalue weighted by Gasteiger charge is -2.33. The van der Waals surface area contributed by atoms with Crippen molar-refractivity contribution in [2.45, 2.75) is 44.2 Å². The van der Waals surface area contributed by atoms with Crippen LogP contribution in [0.3, 0.4) is 0 Å². The predicted octanol–water partition coefficient (Wildman–Crippen LogP) is 0.0635. The smallest absolute Gasteiger partial charge is 0.239 e. The van der Waals surface area contributed by atoms with Crippen molar-refractivity contribution < 1.29 is 4.79 Å². The second-order valence-electron chi connectivity index (χ2n) is 5.14. The highest BCUT2D eigenvalue weighted by atomic mass is 16.1. The summed E-state index contributed by atoms with van der Waals surface area (Å²) >= 11 is 0. The lowest BCUT2D eigenvalue weighted by Crippen LogP contribution is -2.61. The van der Waals surface area contributed by atoms with Crippen molar-refractivity contribution in [2.24, 2.45) is 17.4 Å². The first kappa shape index (κ1) is 10.9. The Kier molecular flexibility index (Phi) is 2.73. The molecule has 0 spiro atoms. The Morgan fingerprint density at radius 3 is 2.53 bits per heavy atom. The Labute approximate surface area is 91.0 Å². The first-order valence-corrected chi connectivity index (χ1v) is 5.87. The van der Waals surface area contributed by atoms with E-state index in [-0.39, 0.29) is 5.91 Å². The third-order valence-electron chi connectivity index (χ3n) is 3.92. The van der Waals surface area contributed by atoms with Gasteiger partial charge in [-0.15, -0.1) is 0 Å². The van der Waals surface area contributed by atoms with E-state index in [0.717, 1.165) is 19.4 Å². The number of rotatable bonds is 4. The van der Waals surface area contributed by atoms with Gasteiger partial charge in [0, 0.05) is 12.6 Å². The van der Waals surface area contributed by atoms with E-state index in [0.29, 0.717) is 18.5 Å². The van der Waals surface area contributed by atoms with E-state index in [1.54, 1.807) is 0 Å². The second-order valence-corrected chi connectivity index (χ2v) is 5.14. The van der Waals surface area contributed by atoms with Crippen LogP contribution in [-0.4, -0.2) is 35.5 Å².